The van der Waals surface area contributed by atoms with E-state index in [4.69, 9.17) is 0 Å². The van der Waals surface area contributed by atoms with E-state index in [1.807, 2.05) is 61.5 Å². The minimum Gasteiger partial charge on any atom is -0.351 e. The first kappa shape index (κ1) is 22.7. The first-order valence-electron chi connectivity index (χ1n) is 11.8. The number of carbonyl (C=O) groups is 2. The van der Waals surface area contributed by atoms with E-state index in [0.717, 1.165) is 42.4 Å². The Balaban J connectivity index is 1.75. The molecule has 2 amide bonds. The molecule has 2 aromatic carbocycles. The van der Waals surface area contributed by atoms with Gasteiger partial charge in [0, 0.05) is 18.8 Å². The molecule has 0 saturated heterocycles. The van der Waals surface area contributed by atoms with Gasteiger partial charge < -0.3 is 10.2 Å². The number of hydrogen-bond donors (Lipinski definition) is 1. The number of rotatable bonds is 7. The summed E-state index contributed by atoms with van der Waals surface area (Å²) in [6.07, 6.45) is 7.05. The van der Waals surface area contributed by atoms with Gasteiger partial charge in [0.2, 0.25) is 5.91 Å². The van der Waals surface area contributed by atoms with Crippen LogP contribution in [0.2, 0.25) is 0 Å². The number of nitrogens with zero attached hydrogens (tertiary/aromatic N) is 2. The quantitative estimate of drug-likeness (QED) is 0.547. The molecule has 0 radical (unpaired) electrons. The second-order valence-electron chi connectivity index (χ2n) is 8.74. The van der Waals surface area contributed by atoms with Gasteiger partial charge in [-0.2, -0.15) is 0 Å². The van der Waals surface area contributed by atoms with Crippen molar-refractivity contribution < 1.29 is 9.59 Å². The van der Waals surface area contributed by atoms with Crippen LogP contribution in [0.1, 0.15) is 65.3 Å². The first-order valence-corrected chi connectivity index (χ1v) is 11.8. The van der Waals surface area contributed by atoms with Crippen LogP contribution < -0.4 is 5.32 Å². The number of pyridine rings is 1. The number of hydrogen-bond acceptors (Lipinski definition) is 3. The van der Waals surface area contributed by atoms with Crippen LogP contribution in [0.4, 0.5) is 0 Å². The maximum Gasteiger partial charge on any atom is 0.273 e. The topological polar surface area (TPSA) is 62.3 Å². The average molecular weight is 442 g/mol. The zero-order chi connectivity index (χ0) is 23.0. The number of aromatic nitrogens is 1. The molecule has 0 bridgehead atoms. The molecule has 5 heteroatoms. The van der Waals surface area contributed by atoms with E-state index in [0.29, 0.717) is 12.2 Å². The Hall–Kier alpha value is -3.47. The largest absolute Gasteiger partial charge is 0.351 e. The van der Waals surface area contributed by atoms with Crippen LogP contribution in [0.15, 0.2) is 79.0 Å². The molecule has 1 fully saturated rings. The van der Waals surface area contributed by atoms with Gasteiger partial charge in [-0.25, -0.2) is 0 Å². The SMILES string of the molecule is Cc1ccccc1[C@@H](C(=O)NC1CCCCC1)N(Cc1ccccc1)C(=O)c1ccccn1. The van der Waals surface area contributed by atoms with Crippen molar-refractivity contribution in [2.75, 3.05) is 0 Å². The average Bonchev–Trinajstić information content (AvgIpc) is 2.86. The number of benzene rings is 2. The van der Waals surface area contributed by atoms with Gasteiger partial charge in [-0.15, -0.1) is 0 Å². The van der Waals surface area contributed by atoms with E-state index in [2.05, 4.69) is 10.3 Å². The molecule has 1 saturated carbocycles. The number of nitrogens with one attached hydrogen (secondary N) is 1. The van der Waals surface area contributed by atoms with Gasteiger partial charge in [0.15, 0.2) is 0 Å². The molecule has 4 rings (SSSR count). The fourth-order valence-corrected chi connectivity index (χ4v) is 4.57. The fourth-order valence-electron chi connectivity index (χ4n) is 4.57. The van der Waals surface area contributed by atoms with Crippen molar-refractivity contribution in [2.24, 2.45) is 0 Å². The van der Waals surface area contributed by atoms with Gasteiger partial charge >= 0.3 is 0 Å². The Kier molecular flexibility index (Phi) is 7.51. The number of amides is 2. The Labute approximate surface area is 195 Å². The van der Waals surface area contributed by atoms with Crippen LogP contribution in [0.25, 0.3) is 0 Å². The maximum atomic E-state index is 13.8. The highest BCUT2D eigenvalue weighted by atomic mass is 16.2. The molecule has 1 aromatic heterocycles. The van der Waals surface area contributed by atoms with Gasteiger partial charge in [-0.05, 0) is 48.6 Å². The summed E-state index contributed by atoms with van der Waals surface area (Å²) in [6, 6.07) is 22.3. The van der Waals surface area contributed by atoms with Crippen molar-refractivity contribution in [3.63, 3.8) is 0 Å². The first-order chi connectivity index (χ1) is 16.1. The van der Waals surface area contributed by atoms with Crippen molar-refractivity contribution in [3.05, 3.63) is 101 Å². The molecule has 1 aliphatic rings. The van der Waals surface area contributed by atoms with E-state index in [9.17, 15) is 9.59 Å². The van der Waals surface area contributed by atoms with E-state index >= 15 is 0 Å². The molecule has 1 aliphatic carbocycles. The Morgan fingerprint density at radius 3 is 2.33 bits per heavy atom. The molecule has 0 aliphatic heterocycles. The van der Waals surface area contributed by atoms with Crippen LogP contribution in [-0.4, -0.2) is 27.7 Å². The summed E-state index contributed by atoms with van der Waals surface area (Å²) in [7, 11) is 0. The van der Waals surface area contributed by atoms with E-state index in [1.165, 1.54) is 6.42 Å². The fraction of sp³-hybridized carbons (Fsp3) is 0.321. The van der Waals surface area contributed by atoms with Crippen molar-refractivity contribution in [3.8, 4) is 0 Å². The van der Waals surface area contributed by atoms with E-state index in [1.54, 1.807) is 29.3 Å². The molecule has 1 heterocycles. The summed E-state index contributed by atoms with van der Waals surface area (Å²) in [4.78, 5) is 33.5. The van der Waals surface area contributed by atoms with Gasteiger partial charge in [0.1, 0.15) is 11.7 Å². The zero-order valence-electron chi connectivity index (χ0n) is 19.1. The molecule has 0 spiro atoms. The molecular formula is C28H31N3O2. The Morgan fingerprint density at radius 2 is 1.64 bits per heavy atom. The van der Waals surface area contributed by atoms with Crippen LogP contribution in [0.3, 0.4) is 0 Å². The van der Waals surface area contributed by atoms with Gasteiger partial charge in [-0.3, -0.25) is 14.6 Å². The van der Waals surface area contributed by atoms with Crippen molar-refractivity contribution in [1.29, 1.82) is 0 Å². The van der Waals surface area contributed by atoms with Gasteiger partial charge in [-0.1, -0.05) is 79.9 Å². The van der Waals surface area contributed by atoms with Crippen LogP contribution in [-0.2, 0) is 11.3 Å². The number of carbonyl (C=O) groups excluding carboxylic acids is 2. The zero-order valence-corrected chi connectivity index (χ0v) is 19.1. The van der Waals surface area contributed by atoms with Crippen molar-refractivity contribution in [2.45, 2.75) is 57.7 Å². The second kappa shape index (κ2) is 10.9. The molecule has 1 atom stereocenters. The lowest BCUT2D eigenvalue weighted by molar-refractivity contribution is -0.127. The lowest BCUT2D eigenvalue weighted by atomic mass is 9.93. The predicted molar refractivity (Wildman–Crippen MR) is 129 cm³/mol. The molecule has 0 unspecified atom stereocenters. The number of aryl methyl sites for hydroxylation is 1. The summed E-state index contributed by atoms with van der Waals surface area (Å²) in [5.41, 5.74) is 3.11. The third-order valence-corrected chi connectivity index (χ3v) is 6.34. The van der Waals surface area contributed by atoms with Crippen molar-refractivity contribution in [1.82, 2.24) is 15.2 Å². The minimum atomic E-state index is -0.747. The van der Waals surface area contributed by atoms with Gasteiger partial charge in [0.05, 0.1) is 0 Å². The second-order valence-corrected chi connectivity index (χ2v) is 8.74. The molecule has 1 N–H and O–H groups in total. The van der Waals surface area contributed by atoms with Crippen LogP contribution in [0, 0.1) is 6.92 Å². The molecule has 33 heavy (non-hydrogen) atoms. The Morgan fingerprint density at radius 1 is 0.939 bits per heavy atom. The van der Waals surface area contributed by atoms with Crippen LogP contribution in [0.5, 0.6) is 0 Å². The summed E-state index contributed by atoms with van der Waals surface area (Å²) in [6.45, 7) is 2.30. The van der Waals surface area contributed by atoms with Crippen molar-refractivity contribution >= 4 is 11.8 Å². The van der Waals surface area contributed by atoms with Crippen LogP contribution >= 0.6 is 0 Å². The molecular weight excluding hydrogens is 410 g/mol. The van der Waals surface area contributed by atoms with Gasteiger partial charge in [0.25, 0.3) is 5.91 Å². The highest BCUT2D eigenvalue weighted by Crippen LogP contribution is 2.29. The third-order valence-electron chi connectivity index (χ3n) is 6.34. The summed E-state index contributed by atoms with van der Waals surface area (Å²) < 4.78 is 0. The van der Waals surface area contributed by atoms with E-state index < -0.39 is 6.04 Å². The summed E-state index contributed by atoms with van der Waals surface area (Å²) in [5.74, 6) is -0.386. The minimum absolute atomic E-state index is 0.128. The van der Waals surface area contributed by atoms with E-state index in [-0.39, 0.29) is 17.9 Å². The predicted octanol–water partition coefficient (Wildman–Crippen LogP) is 5.22. The summed E-state index contributed by atoms with van der Waals surface area (Å²) in [5, 5.41) is 3.26. The monoisotopic (exact) mass is 441 g/mol. The normalized spacial score (nSPS) is 14.9. The molecule has 5 nitrogen and oxygen atoms in total. The summed E-state index contributed by atoms with van der Waals surface area (Å²) >= 11 is 0. The highest BCUT2D eigenvalue weighted by Gasteiger charge is 2.34. The Bertz CT molecular complexity index is 1060. The molecule has 170 valence electrons. The molecule has 3 aromatic rings. The smallest absolute Gasteiger partial charge is 0.273 e. The lowest BCUT2D eigenvalue weighted by Crippen LogP contribution is -2.47. The lowest BCUT2D eigenvalue weighted by Gasteiger charge is -2.34. The third kappa shape index (κ3) is 5.67. The highest BCUT2D eigenvalue weighted by molar-refractivity contribution is 5.96. The maximum absolute atomic E-state index is 13.8. The standard InChI is InChI=1S/C28H31N3O2/c1-21-12-8-9-17-24(21)26(27(32)30-23-15-6-3-7-16-23)31(20-22-13-4-2-5-14-22)28(33)25-18-10-11-19-29-25/h2,4-5,8-14,17-19,23,26H,3,6-7,15-16,20H2,1H3,(H,30,32)/t26-/m0/s1.